The third-order valence-electron chi connectivity index (χ3n) is 5.88. The molecule has 2 aliphatic heterocycles. The van der Waals surface area contributed by atoms with Crippen LogP contribution >= 0.6 is 11.6 Å². The molecule has 3 fully saturated rings. The summed E-state index contributed by atoms with van der Waals surface area (Å²) in [7, 11) is 0. The van der Waals surface area contributed by atoms with Gasteiger partial charge < -0.3 is 15.5 Å². The molecule has 23 heavy (non-hydrogen) atoms. The Hall–Kier alpha value is -1.10. The van der Waals surface area contributed by atoms with E-state index in [-0.39, 0.29) is 17.4 Å². The highest BCUT2D eigenvalue weighted by atomic mass is 35.5. The lowest BCUT2D eigenvalue weighted by Crippen LogP contribution is -2.50. The van der Waals surface area contributed by atoms with Crippen LogP contribution in [0.25, 0.3) is 0 Å². The summed E-state index contributed by atoms with van der Waals surface area (Å²) < 4.78 is 0. The minimum atomic E-state index is 0.0596. The van der Waals surface area contributed by atoms with Crippen molar-refractivity contribution in [2.24, 2.45) is 11.3 Å². The zero-order chi connectivity index (χ0) is 15.9. The predicted molar refractivity (Wildman–Crippen MR) is 91.4 cm³/mol. The smallest absolute Gasteiger partial charge is 0.226 e. The van der Waals surface area contributed by atoms with Gasteiger partial charge in [-0.1, -0.05) is 29.8 Å². The first kappa shape index (κ1) is 15.4. The van der Waals surface area contributed by atoms with Crippen molar-refractivity contribution in [2.75, 3.05) is 32.7 Å². The predicted octanol–water partition coefficient (Wildman–Crippen LogP) is 2.20. The highest BCUT2D eigenvalue weighted by molar-refractivity contribution is 6.31. The summed E-state index contributed by atoms with van der Waals surface area (Å²) in [4.78, 5) is 15.2. The van der Waals surface area contributed by atoms with Crippen molar-refractivity contribution in [3.8, 4) is 0 Å². The van der Waals surface area contributed by atoms with Crippen LogP contribution in [0.5, 0.6) is 0 Å². The van der Waals surface area contributed by atoms with Gasteiger partial charge in [0.05, 0.1) is 6.04 Å². The van der Waals surface area contributed by atoms with Crippen LogP contribution in [-0.2, 0) is 4.79 Å². The van der Waals surface area contributed by atoms with Crippen LogP contribution in [-0.4, -0.2) is 43.5 Å². The largest absolute Gasteiger partial charge is 0.333 e. The summed E-state index contributed by atoms with van der Waals surface area (Å²) in [5, 5.41) is 7.58. The zero-order valence-electron chi connectivity index (χ0n) is 13.4. The van der Waals surface area contributed by atoms with Crippen LogP contribution in [0, 0.1) is 11.3 Å². The molecule has 2 atom stereocenters. The molecule has 0 bridgehead atoms. The summed E-state index contributed by atoms with van der Waals surface area (Å²) >= 11 is 6.39. The lowest BCUT2D eigenvalue weighted by Gasteiger charge is -2.38. The number of rotatable bonds is 2. The Morgan fingerprint density at radius 1 is 1.17 bits per heavy atom. The molecular weight excluding hydrogens is 310 g/mol. The van der Waals surface area contributed by atoms with Crippen molar-refractivity contribution in [3.63, 3.8) is 0 Å². The number of halogens is 1. The third-order valence-corrected chi connectivity index (χ3v) is 6.22. The van der Waals surface area contributed by atoms with Crippen molar-refractivity contribution in [1.29, 1.82) is 0 Å². The minimum Gasteiger partial charge on any atom is -0.333 e. The lowest BCUT2D eigenvalue weighted by atomic mass is 9.91. The standard InChI is InChI=1S/C18H24ClN3O/c19-15-4-2-1-3-13(15)16-12-21-9-10-22(16)17(23)14-11-18(14)5-7-20-8-6-18/h1-4,14,16,20-21H,5-12H2. The van der Waals surface area contributed by atoms with Gasteiger partial charge in [-0.25, -0.2) is 0 Å². The van der Waals surface area contributed by atoms with Crippen molar-refractivity contribution >= 4 is 17.5 Å². The Morgan fingerprint density at radius 2 is 1.96 bits per heavy atom. The quantitative estimate of drug-likeness (QED) is 0.872. The van der Waals surface area contributed by atoms with Crippen molar-refractivity contribution in [1.82, 2.24) is 15.5 Å². The molecular formula is C18H24ClN3O. The van der Waals surface area contributed by atoms with Gasteiger partial charge in [-0.15, -0.1) is 0 Å². The SMILES string of the molecule is O=C(C1CC12CCNCC2)N1CCNCC1c1ccccc1Cl. The third kappa shape index (κ3) is 2.77. The van der Waals surface area contributed by atoms with Crippen LogP contribution in [0.15, 0.2) is 24.3 Å². The fraction of sp³-hybridized carbons (Fsp3) is 0.611. The Morgan fingerprint density at radius 3 is 2.74 bits per heavy atom. The van der Waals surface area contributed by atoms with Crippen LogP contribution in [0.4, 0.5) is 0 Å². The molecule has 5 heteroatoms. The maximum absolute atomic E-state index is 13.2. The van der Waals surface area contributed by atoms with E-state index in [9.17, 15) is 4.79 Å². The van der Waals surface area contributed by atoms with E-state index in [1.807, 2.05) is 24.3 Å². The first-order valence-corrected chi connectivity index (χ1v) is 9.05. The number of piperazine rings is 1. The van der Waals surface area contributed by atoms with E-state index >= 15 is 0 Å². The fourth-order valence-electron chi connectivity index (χ4n) is 4.37. The summed E-state index contributed by atoms with van der Waals surface area (Å²) in [6, 6.07) is 7.97. The number of hydrogen-bond acceptors (Lipinski definition) is 3. The summed E-state index contributed by atoms with van der Waals surface area (Å²) in [6.07, 6.45) is 3.37. The van der Waals surface area contributed by atoms with Gasteiger partial charge in [-0.3, -0.25) is 4.79 Å². The molecule has 0 aromatic heterocycles. The van der Waals surface area contributed by atoms with Crippen LogP contribution < -0.4 is 10.6 Å². The van der Waals surface area contributed by atoms with Crippen LogP contribution in [0.1, 0.15) is 30.9 Å². The van der Waals surface area contributed by atoms with E-state index in [1.165, 1.54) is 0 Å². The van der Waals surface area contributed by atoms with Gasteiger partial charge in [0.1, 0.15) is 0 Å². The van der Waals surface area contributed by atoms with E-state index in [0.717, 1.165) is 62.6 Å². The second kappa shape index (κ2) is 6.08. The average molecular weight is 334 g/mol. The Bertz CT molecular complexity index is 600. The zero-order valence-corrected chi connectivity index (χ0v) is 14.1. The second-order valence-corrected chi connectivity index (χ2v) is 7.55. The molecule has 1 saturated carbocycles. The summed E-state index contributed by atoms with van der Waals surface area (Å²) in [5.41, 5.74) is 1.35. The van der Waals surface area contributed by atoms with Gasteiger partial charge in [0, 0.05) is 30.6 Å². The van der Waals surface area contributed by atoms with Gasteiger partial charge in [0.2, 0.25) is 5.91 Å². The molecule has 2 unspecified atom stereocenters. The molecule has 2 heterocycles. The number of benzene rings is 1. The maximum Gasteiger partial charge on any atom is 0.226 e. The topological polar surface area (TPSA) is 44.4 Å². The summed E-state index contributed by atoms with van der Waals surface area (Å²) in [5.74, 6) is 0.575. The second-order valence-electron chi connectivity index (χ2n) is 7.14. The number of nitrogens with one attached hydrogen (secondary N) is 2. The first-order valence-electron chi connectivity index (χ1n) is 8.68. The molecule has 124 valence electrons. The minimum absolute atomic E-state index is 0.0596. The molecule has 1 amide bonds. The Labute approximate surface area is 142 Å². The molecule has 1 aliphatic carbocycles. The van der Waals surface area contributed by atoms with Crippen molar-refractivity contribution in [3.05, 3.63) is 34.9 Å². The number of hydrogen-bond donors (Lipinski definition) is 2. The van der Waals surface area contributed by atoms with E-state index in [1.54, 1.807) is 0 Å². The highest BCUT2D eigenvalue weighted by Gasteiger charge is 2.59. The van der Waals surface area contributed by atoms with Gasteiger partial charge in [-0.05, 0) is 49.4 Å². The average Bonchev–Trinajstić information content (AvgIpc) is 3.28. The lowest BCUT2D eigenvalue weighted by molar-refractivity contribution is -0.137. The Balaban J connectivity index is 1.54. The molecule has 2 N–H and O–H groups in total. The van der Waals surface area contributed by atoms with Gasteiger partial charge in [0.15, 0.2) is 0 Å². The number of amides is 1. The molecule has 4 rings (SSSR count). The monoisotopic (exact) mass is 333 g/mol. The molecule has 3 aliphatic rings. The van der Waals surface area contributed by atoms with Crippen LogP contribution in [0.3, 0.4) is 0 Å². The maximum atomic E-state index is 13.2. The molecule has 0 radical (unpaired) electrons. The van der Waals surface area contributed by atoms with E-state index in [0.29, 0.717) is 5.91 Å². The number of carbonyl (C=O) groups excluding carboxylic acids is 1. The van der Waals surface area contributed by atoms with Gasteiger partial charge in [-0.2, -0.15) is 0 Å². The van der Waals surface area contributed by atoms with E-state index in [4.69, 9.17) is 11.6 Å². The molecule has 4 nitrogen and oxygen atoms in total. The molecule has 1 aromatic carbocycles. The molecule has 1 aromatic rings. The van der Waals surface area contributed by atoms with Gasteiger partial charge >= 0.3 is 0 Å². The highest BCUT2D eigenvalue weighted by Crippen LogP contribution is 2.59. The Kier molecular flexibility index (Phi) is 4.08. The molecule has 1 spiro atoms. The number of nitrogens with zero attached hydrogens (tertiary/aromatic N) is 1. The normalized spacial score (nSPS) is 29.5. The first-order chi connectivity index (χ1) is 11.2. The van der Waals surface area contributed by atoms with Crippen molar-refractivity contribution in [2.45, 2.75) is 25.3 Å². The number of carbonyl (C=O) groups is 1. The molecule has 2 saturated heterocycles. The van der Waals surface area contributed by atoms with E-state index < -0.39 is 0 Å². The summed E-state index contributed by atoms with van der Waals surface area (Å²) in [6.45, 7) is 4.54. The van der Waals surface area contributed by atoms with Crippen LogP contribution in [0.2, 0.25) is 5.02 Å². The van der Waals surface area contributed by atoms with Crippen molar-refractivity contribution < 1.29 is 4.79 Å². The fourth-order valence-corrected chi connectivity index (χ4v) is 4.63. The van der Waals surface area contributed by atoms with E-state index in [2.05, 4.69) is 15.5 Å². The van der Waals surface area contributed by atoms with Gasteiger partial charge in [0.25, 0.3) is 0 Å². The number of piperidine rings is 1.